The summed E-state index contributed by atoms with van der Waals surface area (Å²) in [7, 11) is 1.44. The van der Waals surface area contributed by atoms with E-state index in [-0.39, 0.29) is 12.5 Å². The summed E-state index contributed by atoms with van der Waals surface area (Å²) in [6.45, 7) is 2.11. The molecular formula is C17H15N3O6S. The maximum atomic E-state index is 11.0. The van der Waals surface area contributed by atoms with Gasteiger partial charge in [0.15, 0.2) is 23.0 Å². The average molecular weight is 389 g/mol. The Morgan fingerprint density at radius 1 is 1.11 bits per heavy atom. The number of ether oxygens (including phenoxy) is 3. The van der Waals surface area contributed by atoms with Crippen LogP contribution in [0.25, 0.3) is 22.5 Å². The molecule has 0 bridgehead atoms. The van der Waals surface area contributed by atoms with Crippen LogP contribution in [0.1, 0.15) is 5.56 Å². The minimum atomic E-state index is -2.48. The highest BCUT2D eigenvalue weighted by Crippen LogP contribution is 2.41. The smallest absolute Gasteiger partial charge is 0.357 e. The zero-order valence-corrected chi connectivity index (χ0v) is 15.2. The Kier molecular flexibility index (Phi) is 4.42. The molecule has 1 aliphatic heterocycles. The number of benzene rings is 2. The number of fused-ring (bicyclic) bond motifs is 1. The van der Waals surface area contributed by atoms with E-state index in [2.05, 4.69) is 15.4 Å². The Morgan fingerprint density at radius 3 is 2.63 bits per heavy atom. The Bertz CT molecular complexity index is 1040. The zero-order chi connectivity index (χ0) is 19.0. The van der Waals surface area contributed by atoms with Crippen molar-refractivity contribution < 1.29 is 27.2 Å². The Hall–Kier alpha value is -3.11. The van der Waals surface area contributed by atoms with Gasteiger partial charge in [-0.15, -0.1) is 0 Å². The quantitative estimate of drug-likeness (QED) is 0.640. The molecule has 10 heteroatoms. The number of nitrogens with one attached hydrogen (secondary N) is 1. The van der Waals surface area contributed by atoms with Crippen molar-refractivity contribution in [2.45, 2.75) is 6.92 Å². The molecule has 0 saturated heterocycles. The highest BCUT2D eigenvalue weighted by Gasteiger charge is 2.21. The minimum Gasteiger partial charge on any atom is -0.493 e. The van der Waals surface area contributed by atoms with Crippen molar-refractivity contribution in [1.29, 1.82) is 0 Å². The molecule has 1 aliphatic rings. The first-order chi connectivity index (χ1) is 13.1. The lowest BCUT2D eigenvalue weighted by Gasteiger charge is -2.09. The molecule has 0 saturated carbocycles. The molecule has 9 nitrogen and oxygen atoms in total. The van der Waals surface area contributed by atoms with Crippen LogP contribution in [-0.4, -0.2) is 38.1 Å². The van der Waals surface area contributed by atoms with Crippen LogP contribution in [0.5, 0.6) is 23.0 Å². The van der Waals surface area contributed by atoms with Crippen LogP contribution < -0.4 is 18.4 Å². The van der Waals surface area contributed by atoms with Crippen LogP contribution >= 0.6 is 0 Å². The standard InChI is InChI=1S/C17H15N3O6S/c1-9-5-11(7-14-17(9)25-8-24-14)16-15(18-20-19-16)10-3-4-12(23-2)13(6-10)26-27(21)22/h3-7H,8H2,1-2H3,(H,21,22)(H,18,19,20). The third kappa shape index (κ3) is 3.20. The summed E-state index contributed by atoms with van der Waals surface area (Å²) < 4.78 is 41.1. The fourth-order valence-electron chi connectivity index (χ4n) is 2.92. The van der Waals surface area contributed by atoms with Gasteiger partial charge in [-0.3, -0.25) is 4.55 Å². The van der Waals surface area contributed by atoms with E-state index in [4.69, 9.17) is 22.9 Å². The predicted molar refractivity (Wildman–Crippen MR) is 96.1 cm³/mol. The van der Waals surface area contributed by atoms with Gasteiger partial charge in [0.05, 0.1) is 7.11 Å². The van der Waals surface area contributed by atoms with Gasteiger partial charge in [-0.25, -0.2) is 0 Å². The molecular weight excluding hydrogens is 374 g/mol. The number of aromatic amines is 1. The minimum absolute atomic E-state index is 0.117. The molecule has 27 heavy (non-hydrogen) atoms. The molecule has 0 aliphatic carbocycles. The van der Waals surface area contributed by atoms with Crippen molar-refractivity contribution in [3.8, 4) is 45.5 Å². The molecule has 0 spiro atoms. The Labute approximate surface area is 156 Å². The number of hydrogen-bond donors (Lipinski definition) is 2. The van der Waals surface area contributed by atoms with E-state index < -0.39 is 11.4 Å². The van der Waals surface area contributed by atoms with Gasteiger partial charge < -0.3 is 18.4 Å². The van der Waals surface area contributed by atoms with Crippen molar-refractivity contribution in [1.82, 2.24) is 15.4 Å². The Morgan fingerprint density at radius 2 is 1.89 bits per heavy atom. The lowest BCUT2D eigenvalue weighted by molar-refractivity contribution is 0.173. The second-order valence-corrected chi connectivity index (χ2v) is 6.31. The normalized spacial score (nSPS) is 13.4. The molecule has 3 aromatic rings. The molecule has 2 N–H and O–H groups in total. The Balaban J connectivity index is 1.79. The van der Waals surface area contributed by atoms with Gasteiger partial charge in [0.25, 0.3) is 0 Å². The fraction of sp³-hybridized carbons (Fsp3) is 0.176. The number of rotatable bonds is 5. The van der Waals surface area contributed by atoms with Gasteiger partial charge in [-0.1, -0.05) is 0 Å². The van der Waals surface area contributed by atoms with E-state index in [9.17, 15) is 4.21 Å². The number of aromatic nitrogens is 3. The molecule has 1 atom stereocenters. The third-order valence-corrected chi connectivity index (χ3v) is 4.40. The van der Waals surface area contributed by atoms with Crippen molar-refractivity contribution >= 4 is 11.4 Å². The van der Waals surface area contributed by atoms with Gasteiger partial charge in [-0.2, -0.15) is 19.6 Å². The molecule has 140 valence electrons. The molecule has 0 fully saturated rings. The van der Waals surface area contributed by atoms with E-state index in [0.717, 1.165) is 11.1 Å². The second-order valence-electron chi connectivity index (χ2n) is 5.71. The topological polar surface area (TPSA) is 116 Å². The van der Waals surface area contributed by atoms with Gasteiger partial charge >= 0.3 is 11.4 Å². The van der Waals surface area contributed by atoms with E-state index in [0.29, 0.717) is 34.2 Å². The highest BCUT2D eigenvalue weighted by atomic mass is 32.2. The molecule has 1 aromatic heterocycles. The molecule has 4 rings (SSSR count). The van der Waals surface area contributed by atoms with Gasteiger partial charge in [-0.05, 0) is 42.8 Å². The molecule has 2 aromatic carbocycles. The zero-order valence-electron chi connectivity index (χ0n) is 14.4. The lowest BCUT2D eigenvalue weighted by Crippen LogP contribution is -2.00. The van der Waals surface area contributed by atoms with Crippen LogP contribution in [0.15, 0.2) is 30.3 Å². The van der Waals surface area contributed by atoms with Crippen molar-refractivity contribution in [2.75, 3.05) is 13.9 Å². The summed E-state index contributed by atoms with van der Waals surface area (Å²) in [5.41, 5.74) is 3.49. The summed E-state index contributed by atoms with van der Waals surface area (Å²) in [5.74, 6) is 1.81. The number of aryl methyl sites for hydroxylation is 1. The number of H-pyrrole nitrogens is 1. The maximum absolute atomic E-state index is 11.0. The summed E-state index contributed by atoms with van der Waals surface area (Å²) in [6, 6.07) is 8.71. The van der Waals surface area contributed by atoms with E-state index in [1.165, 1.54) is 7.11 Å². The summed E-state index contributed by atoms with van der Waals surface area (Å²) >= 11 is -2.48. The summed E-state index contributed by atoms with van der Waals surface area (Å²) in [5, 5.41) is 11.1. The van der Waals surface area contributed by atoms with Crippen molar-refractivity contribution in [3.05, 3.63) is 35.9 Å². The number of methoxy groups -OCH3 is 1. The van der Waals surface area contributed by atoms with Crippen molar-refractivity contribution in [2.24, 2.45) is 0 Å². The van der Waals surface area contributed by atoms with Gasteiger partial charge in [0, 0.05) is 11.1 Å². The van der Waals surface area contributed by atoms with Crippen LogP contribution in [-0.2, 0) is 11.4 Å². The molecule has 0 amide bonds. The lowest BCUT2D eigenvalue weighted by atomic mass is 10.0. The third-order valence-electron chi connectivity index (χ3n) is 4.08. The van der Waals surface area contributed by atoms with E-state index >= 15 is 0 Å². The predicted octanol–water partition coefficient (Wildman–Crippen LogP) is 2.70. The van der Waals surface area contributed by atoms with Crippen LogP contribution in [0.4, 0.5) is 0 Å². The van der Waals surface area contributed by atoms with E-state index in [1.807, 2.05) is 19.1 Å². The fourth-order valence-corrected chi connectivity index (χ4v) is 3.21. The summed E-state index contributed by atoms with van der Waals surface area (Å²) in [6.07, 6.45) is 0. The molecule has 0 radical (unpaired) electrons. The van der Waals surface area contributed by atoms with Crippen molar-refractivity contribution in [3.63, 3.8) is 0 Å². The first kappa shape index (κ1) is 17.3. The van der Waals surface area contributed by atoms with Gasteiger partial charge in [0.2, 0.25) is 6.79 Å². The first-order valence-corrected chi connectivity index (χ1v) is 8.89. The molecule has 1 unspecified atom stereocenters. The second kappa shape index (κ2) is 6.89. The van der Waals surface area contributed by atoms with Gasteiger partial charge in [0.1, 0.15) is 11.4 Å². The van der Waals surface area contributed by atoms with E-state index in [1.54, 1.807) is 18.2 Å². The monoisotopic (exact) mass is 389 g/mol. The first-order valence-electron chi connectivity index (χ1n) is 7.86. The highest BCUT2D eigenvalue weighted by molar-refractivity contribution is 7.74. The van der Waals surface area contributed by atoms with Crippen LogP contribution in [0.3, 0.4) is 0 Å². The number of nitrogens with zero attached hydrogens (tertiary/aromatic N) is 2. The SMILES string of the molecule is COc1ccc(-c2n[nH]nc2-c2cc(C)c3c(c2)OCO3)cc1OS(=O)O. The summed E-state index contributed by atoms with van der Waals surface area (Å²) in [4.78, 5) is 0. The largest absolute Gasteiger partial charge is 0.493 e. The number of hydrogen-bond acceptors (Lipinski definition) is 7. The maximum Gasteiger partial charge on any atom is 0.357 e. The van der Waals surface area contributed by atoms with Crippen LogP contribution in [0.2, 0.25) is 0 Å². The molecule has 2 heterocycles. The van der Waals surface area contributed by atoms with Crippen LogP contribution in [0, 0.1) is 6.92 Å². The average Bonchev–Trinajstić information content (AvgIpc) is 3.30.